The molecule has 1 aliphatic heterocycles. The van der Waals surface area contributed by atoms with Crippen LogP contribution in [0.15, 0.2) is 24.3 Å². The van der Waals surface area contributed by atoms with Gasteiger partial charge in [0.25, 0.3) is 0 Å². The minimum Gasteiger partial charge on any atom is -0.478 e. The van der Waals surface area contributed by atoms with Gasteiger partial charge in [-0.05, 0) is 18.1 Å². The Morgan fingerprint density at radius 2 is 1.76 bits per heavy atom. The summed E-state index contributed by atoms with van der Waals surface area (Å²) in [5, 5.41) is 9.15. The Hall–Kier alpha value is -2.37. The van der Waals surface area contributed by atoms with Gasteiger partial charge < -0.3 is 14.9 Å². The molecule has 0 spiro atoms. The Bertz CT molecular complexity index is 571. The van der Waals surface area contributed by atoms with Crippen molar-refractivity contribution in [3.05, 3.63) is 35.4 Å². The van der Waals surface area contributed by atoms with Crippen LogP contribution in [0.1, 0.15) is 29.3 Å². The third-order valence-electron chi connectivity index (χ3n) is 3.46. The fraction of sp³-hybridized carbons (Fsp3) is 0.400. The molecule has 1 N–H and O–H groups in total. The molecule has 1 fully saturated rings. The Balaban J connectivity index is 2.12. The minimum absolute atomic E-state index is 0.00673. The molecule has 0 saturated carbocycles. The standard InChI is InChI=1S/C15H18N2O4/c1-2-7-16-9-14(19)17(10-13(16)18)8-11-5-3-4-6-12(11)15(20)21/h3-6H,2,7-10H2,1H3,(H,20,21). The number of benzene rings is 1. The monoisotopic (exact) mass is 290 g/mol. The minimum atomic E-state index is -1.03. The normalized spacial score (nSPS) is 15.5. The van der Waals surface area contributed by atoms with Crippen LogP contribution in [0.5, 0.6) is 0 Å². The van der Waals surface area contributed by atoms with E-state index in [1.807, 2.05) is 6.92 Å². The predicted octanol–water partition coefficient (Wildman–Crippen LogP) is 0.966. The number of carbonyl (C=O) groups excluding carboxylic acids is 2. The Morgan fingerprint density at radius 3 is 2.43 bits per heavy atom. The van der Waals surface area contributed by atoms with Crippen LogP contribution < -0.4 is 0 Å². The van der Waals surface area contributed by atoms with Gasteiger partial charge in [-0.2, -0.15) is 0 Å². The molecule has 0 unspecified atom stereocenters. The van der Waals surface area contributed by atoms with E-state index < -0.39 is 5.97 Å². The molecule has 0 aromatic heterocycles. The van der Waals surface area contributed by atoms with Gasteiger partial charge in [-0.15, -0.1) is 0 Å². The summed E-state index contributed by atoms with van der Waals surface area (Å²) in [5.74, 6) is -1.28. The lowest BCUT2D eigenvalue weighted by atomic mass is 10.1. The molecule has 1 aromatic carbocycles. The molecule has 6 heteroatoms. The lowest BCUT2D eigenvalue weighted by molar-refractivity contribution is -0.150. The van der Waals surface area contributed by atoms with Crippen molar-refractivity contribution < 1.29 is 19.5 Å². The first kappa shape index (κ1) is 15.0. The third-order valence-corrected chi connectivity index (χ3v) is 3.46. The summed E-state index contributed by atoms with van der Waals surface area (Å²) >= 11 is 0. The molecule has 0 bridgehead atoms. The molecule has 1 saturated heterocycles. The van der Waals surface area contributed by atoms with Crippen molar-refractivity contribution in [1.82, 2.24) is 9.80 Å². The lowest BCUT2D eigenvalue weighted by Gasteiger charge is -2.34. The van der Waals surface area contributed by atoms with E-state index in [0.717, 1.165) is 6.42 Å². The molecule has 6 nitrogen and oxygen atoms in total. The predicted molar refractivity (Wildman–Crippen MR) is 75.7 cm³/mol. The third kappa shape index (κ3) is 3.39. The summed E-state index contributed by atoms with van der Waals surface area (Å²) < 4.78 is 0. The van der Waals surface area contributed by atoms with Gasteiger partial charge >= 0.3 is 5.97 Å². The molecule has 112 valence electrons. The molecular formula is C15H18N2O4. The van der Waals surface area contributed by atoms with Gasteiger partial charge in [0.05, 0.1) is 12.1 Å². The highest BCUT2D eigenvalue weighted by Gasteiger charge is 2.29. The Kier molecular flexibility index (Phi) is 4.57. The van der Waals surface area contributed by atoms with Gasteiger partial charge in [-0.3, -0.25) is 9.59 Å². The SMILES string of the molecule is CCCN1CC(=O)N(Cc2ccccc2C(=O)O)CC1=O. The van der Waals surface area contributed by atoms with Gasteiger partial charge in [-0.1, -0.05) is 25.1 Å². The maximum atomic E-state index is 12.1. The second-order valence-corrected chi connectivity index (χ2v) is 5.03. The summed E-state index contributed by atoms with van der Waals surface area (Å²) in [5.41, 5.74) is 0.698. The molecule has 21 heavy (non-hydrogen) atoms. The highest BCUT2D eigenvalue weighted by Crippen LogP contribution is 2.15. The number of aromatic carboxylic acids is 1. The van der Waals surface area contributed by atoms with Gasteiger partial charge in [0, 0.05) is 13.1 Å². The number of amides is 2. The van der Waals surface area contributed by atoms with E-state index in [4.69, 9.17) is 5.11 Å². The molecular weight excluding hydrogens is 272 g/mol. The van der Waals surface area contributed by atoms with Crippen molar-refractivity contribution in [3.63, 3.8) is 0 Å². The largest absolute Gasteiger partial charge is 0.478 e. The number of piperazine rings is 1. The van der Waals surface area contributed by atoms with Crippen molar-refractivity contribution in [2.45, 2.75) is 19.9 Å². The van der Waals surface area contributed by atoms with E-state index in [2.05, 4.69) is 0 Å². The maximum Gasteiger partial charge on any atom is 0.336 e. The molecule has 2 rings (SSSR count). The molecule has 1 aliphatic rings. The van der Waals surface area contributed by atoms with Crippen molar-refractivity contribution in [2.75, 3.05) is 19.6 Å². The molecule has 0 atom stereocenters. The van der Waals surface area contributed by atoms with E-state index in [1.54, 1.807) is 23.1 Å². The molecule has 2 amide bonds. The van der Waals surface area contributed by atoms with Gasteiger partial charge in [0.1, 0.15) is 6.54 Å². The highest BCUT2D eigenvalue weighted by molar-refractivity contribution is 5.93. The van der Waals surface area contributed by atoms with Crippen LogP contribution in [0.25, 0.3) is 0 Å². The fourth-order valence-electron chi connectivity index (χ4n) is 2.39. The van der Waals surface area contributed by atoms with Crippen LogP contribution in [-0.2, 0) is 16.1 Å². The van der Waals surface area contributed by atoms with E-state index in [-0.39, 0.29) is 37.0 Å². The Labute approximate surface area is 123 Å². The average Bonchev–Trinajstić information content (AvgIpc) is 2.45. The van der Waals surface area contributed by atoms with Crippen LogP contribution in [-0.4, -0.2) is 52.3 Å². The zero-order chi connectivity index (χ0) is 15.4. The quantitative estimate of drug-likeness (QED) is 0.876. The van der Waals surface area contributed by atoms with Gasteiger partial charge in [0.2, 0.25) is 11.8 Å². The highest BCUT2D eigenvalue weighted by atomic mass is 16.4. The van der Waals surface area contributed by atoms with Crippen LogP contribution in [0.4, 0.5) is 0 Å². The fourth-order valence-corrected chi connectivity index (χ4v) is 2.39. The first-order chi connectivity index (χ1) is 10.0. The lowest BCUT2D eigenvalue weighted by Crippen LogP contribution is -2.53. The Morgan fingerprint density at radius 1 is 1.14 bits per heavy atom. The van der Waals surface area contributed by atoms with Crippen molar-refractivity contribution in [3.8, 4) is 0 Å². The van der Waals surface area contributed by atoms with Crippen molar-refractivity contribution in [2.24, 2.45) is 0 Å². The number of hydrogen-bond acceptors (Lipinski definition) is 3. The summed E-state index contributed by atoms with van der Waals surface area (Å²) in [4.78, 5) is 38.2. The first-order valence-corrected chi connectivity index (χ1v) is 6.89. The molecule has 0 aliphatic carbocycles. The van der Waals surface area contributed by atoms with E-state index >= 15 is 0 Å². The zero-order valence-corrected chi connectivity index (χ0v) is 11.9. The topological polar surface area (TPSA) is 77.9 Å². The van der Waals surface area contributed by atoms with Gasteiger partial charge in [0.15, 0.2) is 0 Å². The van der Waals surface area contributed by atoms with Crippen molar-refractivity contribution in [1.29, 1.82) is 0 Å². The van der Waals surface area contributed by atoms with Crippen molar-refractivity contribution >= 4 is 17.8 Å². The first-order valence-electron chi connectivity index (χ1n) is 6.89. The van der Waals surface area contributed by atoms with Crippen LogP contribution in [0.2, 0.25) is 0 Å². The van der Waals surface area contributed by atoms with Gasteiger partial charge in [-0.25, -0.2) is 4.79 Å². The van der Waals surface area contributed by atoms with E-state index in [9.17, 15) is 14.4 Å². The number of carboxylic acid groups (broad SMARTS) is 1. The second-order valence-electron chi connectivity index (χ2n) is 5.03. The summed E-state index contributed by atoms with van der Waals surface area (Å²) in [6.45, 7) is 2.75. The number of carboxylic acids is 1. The number of rotatable bonds is 5. The summed E-state index contributed by atoms with van der Waals surface area (Å²) in [6.07, 6.45) is 0.806. The smallest absolute Gasteiger partial charge is 0.336 e. The van der Waals surface area contributed by atoms with Crippen LogP contribution >= 0.6 is 0 Å². The van der Waals surface area contributed by atoms with Crippen LogP contribution in [0, 0.1) is 0 Å². The second kappa shape index (κ2) is 6.39. The summed E-state index contributed by atoms with van der Waals surface area (Å²) in [6, 6.07) is 6.53. The molecule has 0 radical (unpaired) electrons. The van der Waals surface area contributed by atoms with E-state index in [0.29, 0.717) is 12.1 Å². The zero-order valence-electron chi connectivity index (χ0n) is 11.9. The number of carbonyl (C=O) groups is 3. The average molecular weight is 290 g/mol. The molecule has 1 heterocycles. The number of nitrogens with zero attached hydrogens (tertiary/aromatic N) is 2. The number of hydrogen-bond donors (Lipinski definition) is 1. The molecule has 1 aromatic rings. The van der Waals surface area contributed by atoms with E-state index in [1.165, 1.54) is 11.0 Å². The van der Waals surface area contributed by atoms with Crippen LogP contribution in [0.3, 0.4) is 0 Å². The summed E-state index contributed by atoms with van der Waals surface area (Å²) in [7, 11) is 0. The maximum absolute atomic E-state index is 12.1.